The summed E-state index contributed by atoms with van der Waals surface area (Å²) in [4.78, 5) is 11.3. The van der Waals surface area contributed by atoms with Gasteiger partial charge in [-0.25, -0.2) is 0 Å². The summed E-state index contributed by atoms with van der Waals surface area (Å²) in [5.41, 5.74) is -3.95. The second kappa shape index (κ2) is 6.30. The molecule has 0 aliphatic heterocycles. The van der Waals surface area contributed by atoms with Crippen molar-refractivity contribution < 1.29 is 18.0 Å². The molecule has 0 spiro atoms. The lowest BCUT2D eigenvalue weighted by molar-refractivity contribution is -0.0328. The van der Waals surface area contributed by atoms with Crippen molar-refractivity contribution in [2.24, 2.45) is 0 Å². The normalized spacial score (nSPS) is 13.4. The van der Waals surface area contributed by atoms with Crippen LogP contribution in [0.3, 0.4) is 0 Å². The van der Waals surface area contributed by atoms with Crippen molar-refractivity contribution in [3.05, 3.63) is 29.3 Å². The number of halogens is 5. The van der Waals surface area contributed by atoms with E-state index in [2.05, 4.69) is 15.9 Å². The fraction of sp³-hybridized carbons (Fsp3) is 0.364. The van der Waals surface area contributed by atoms with Gasteiger partial charge in [0.1, 0.15) is 0 Å². The monoisotopic (exact) mass is 360 g/mol. The number of carbonyl (C=O) groups excluding carboxylic acids is 1. The van der Waals surface area contributed by atoms with Gasteiger partial charge >= 0.3 is 5.51 Å². The van der Waals surface area contributed by atoms with E-state index in [9.17, 15) is 18.0 Å². The van der Waals surface area contributed by atoms with E-state index in [1.807, 2.05) is 0 Å². The first-order chi connectivity index (χ1) is 8.26. The molecule has 18 heavy (non-hydrogen) atoms. The van der Waals surface area contributed by atoms with Crippen LogP contribution in [-0.2, 0) is 5.88 Å². The number of Topliss-reactive ketones (excluding diaryl/α,β-unsaturated/α-hetero) is 1. The van der Waals surface area contributed by atoms with Crippen molar-refractivity contribution in [2.75, 3.05) is 0 Å². The molecule has 0 aromatic heterocycles. The Labute approximate surface area is 120 Å². The lowest BCUT2D eigenvalue weighted by Gasteiger charge is -2.13. The summed E-state index contributed by atoms with van der Waals surface area (Å²) in [5.74, 6) is -0.421. The Balaban J connectivity index is 3.22. The summed E-state index contributed by atoms with van der Waals surface area (Å²) < 4.78 is 37.1. The largest absolute Gasteiger partial charge is 0.446 e. The van der Waals surface area contributed by atoms with Gasteiger partial charge in [0.25, 0.3) is 0 Å². The second-order valence-corrected chi connectivity index (χ2v) is 6.19. The molecule has 0 heterocycles. The zero-order valence-corrected chi connectivity index (χ0v) is 12.4. The molecule has 0 aliphatic rings. The van der Waals surface area contributed by atoms with Gasteiger partial charge < -0.3 is 0 Å². The third-order valence-electron chi connectivity index (χ3n) is 2.12. The van der Waals surface area contributed by atoms with Crippen LogP contribution in [0.25, 0.3) is 0 Å². The molecule has 1 unspecified atom stereocenters. The summed E-state index contributed by atoms with van der Waals surface area (Å²) >= 11 is 8.51. The smallest absolute Gasteiger partial charge is 0.293 e. The standard InChI is InChI=1S/C11H9BrClF3OS/c1-6(12)10(17)7-3-2-4-9(8(7)5-13)18-11(14,15)16/h2-4,6H,5H2,1H3. The van der Waals surface area contributed by atoms with Crippen LogP contribution in [0, 0.1) is 0 Å². The molecule has 0 fully saturated rings. The van der Waals surface area contributed by atoms with Crippen LogP contribution >= 0.6 is 39.3 Å². The first-order valence-corrected chi connectivity index (χ1v) is 7.15. The van der Waals surface area contributed by atoms with Crippen molar-refractivity contribution in [1.82, 2.24) is 0 Å². The highest BCUT2D eigenvalue weighted by atomic mass is 79.9. The molecule has 1 aromatic rings. The minimum atomic E-state index is -4.40. The predicted molar refractivity (Wildman–Crippen MR) is 70.6 cm³/mol. The average molecular weight is 362 g/mol. The van der Waals surface area contributed by atoms with E-state index >= 15 is 0 Å². The third-order valence-corrected chi connectivity index (χ3v) is 3.64. The molecule has 1 atom stereocenters. The van der Waals surface area contributed by atoms with Gasteiger partial charge in [-0.1, -0.05) is 28.1 Å². The van der Waals surface area contributed by atoms with Gasteiger partial charge in [0.05, 0.1) is 4.83 Å². The highest BCUT2D eigenvalue weighted by Gasteiger charge is 2.31. The summed E-state index contributed by atoms with van der Waals surface area (Å²) in [6.07, 6.45) is 0. The zero-order valence-electron chi connectivity index (χ0n) is 9.22. The molecule has 0 saturated carbocycles. The Kier molecular flexibility index (Phi) is 5.55. The number of thioether (sulfide) groups is 1. The maximum absolute atomic E-state index is 12.4. The molecule has 0 radical (unpaired) electrons. The fourth-order valence-corrected chi connectivity index (χ4v) is 2.68. The highest BCUT2D eigenvalue weighted by Crippen LogP contribution is 2.40. The molecular formula is C11H9BrClF3OS. The topological polar surface area (TPSA) is 17.1 Å². The lowest BCUT2D eigenvalue weighted by Crippen LogP contribution is -2.13. The van der Waals surface area contributed by atoms with E-state index in [0.29, 0.717) is 0 Å². The summed E-state index contributed by atoms with van der Waals surface area (Å²) in [6.45, 7) is 1.61. The maximum Gasteiger partial charge on any atom is 0.446 e. The SMILES string of the molecule is CC(Br)C(=O)c1cccc(SC(F)(F)F)c1CCl. The Morgan fingerprint density at radius 2 is 2.11 bits per heavy atom. The minimum Gasteiger partial charge on any atom is -0.293 e. The lowest BCUT2D eigenvalue weighted by atomic mass is 10.0. The summed E-state index contributed by atoms with van der Waals surface area (Å²) in [7, 11) is 0. The molecule has 1 nitrogen and oxygen atoms in total. The molecule has 0 N–H and O–H groups in total. The fourth-order valence-electron chi connectivity index (χ4n) is 1.37. The molecule has 1 aromatic carbocycles. The van der Waals surface area contributed by atoms with Gasteiger partial charge in [0.2, 0.25) is 0 Å². The number of hydrogen-bond donors (Lipinski definition) is 0. The molecule has 0 saturated heterocycles. The number of rotatable bonds is 4. The summed E-state index contributed by atoms with van der Waals surface area (Å²) in [6, 6.07) is 4.22. The van der Waals surface area contributed by atoms with E-state index in [4.69, 9.17) is 11.6 Å². The number of hydrogen-bond acceptors (Lipinski definition) is 2. The predicted octanol–water partition coefficient (Wildman–Crippen LogP) is 5.00. The summed E-state index contributed by atoms with van der Waals surface area (Å²) in [5, 5.41) is 0. The van der Waals surface area contributed by atoms with Gasteiger partial charge in [-0.15, -0.1) is 11.6 Å². The van der Waals surface area contributed by atoms with Gasteiger partial charge in [0.15, 0.2) is 5.78 Å². The Morgan fingerprint density at radius 1 is 1.50 bits per heavy atom. The van der Waals surface area contributed by atoms with Crippen molar-refractivity contribution in [3.8, 4) is 0 Å². The zero-order chi connectivity index (χ0) is 13.9. The first-order valence-electron chi connectivity index (χ1n) is 4.88. The molecule has 0 amide bonds. The minimum absolute atomic E-state index is 0.0310. The molecule has 0 bridgehead atoms. The van der Waals surface area contributed by atoms with Crippen molar-refractivity contribution in [2.45, 2.75) is 28.0 Å². The molecule has 1 rings (SSSR count). The quantitative estimate of drug-likeness (QED) is 0.426. The van der Waals surface area contributed by atoms with Gasteiger partial charge in [-0.3, -0.25) is 4.79 Å². The van der Waals surface area contributed by atoms with E-state index in [0.717, 1.165) is 0 Å². The molecule has 7 heteroatoms. The number of carbonyl (C=O) groups is 1. The molecular weight excluding hydrogens is 353 g/mol. The van der Waals surface area contributed by atoms with E-state index in [1.54, 1.807) is 6.92 Å². The van der Waals surface area contributed by atoms with Crippen LogP contribution in [0.4, 0.5) is 13.2 Å². The van der Waals surface area contributed by atoms with Gasteiger partial charge in [-0.05, 0) is 30.3 Å². The number of benzene rings is 1. The Hall–Kier alpha value is -0.200. The second-order valence-electron chi connectivity index (χ2n) is 3.44. The number of ketones is 1. The van der Waals surface area contributed by atoms with Crippen LogP contribution < -0.4 is 0 Å². The Morgan fingerprint density at radius 3 is 2.56 bits per heavy atom. The van der Waals surface area contributed by atoms with Crippen molar-refractivity contribution in [1.29, 1.82) is 0 Å². The van der Waals surface area contributed by atoms with Gasteiger partial charge in [-0.2, -0.15) is 13.2 Å². The van der Waals surface area contributed by atoms with Crippen LogP contribution in [0.1, 0.15) is 22.8 Å². The number of alkyl halides is 5. The first kappa shape index (κ1) is 15.9. The Bertz CT molecular complexity index is 448. The van der Waals surface area contributed by atoms with Crippen LogP contribution in [0.5, 0.6) is 0 Å². The third kappa shape index (κ3) is 4.17. The van der Waals surface area contributed by atoms with Crippen LogP contribution in [0.15, 0.2) is 23.1 Å². The highest BCUT2D eigenvalue weighted by molar-refractivity contribution is 9.10. The van der Waals surface area contributed by atoms with Crippen molar-refractivity contribution in [3.63, 3.8) is 0 Å². The van der Waals surface area contributed by atoms with E-state index in [-0.39, 0.29) is 39.4 Å². The van der Waals surface area contributed by atoms with E-state index < -0.39 is 10.3 Å². The van der Waals surface area contributed by atoms with Crippen LogP contribution in [-0.4, -0.2) is 16.1 Å². The van der Waals surface area contributed by atoms with Crippen LogP contribution in [0.2, 0.25) is 0 Å². The molecule has 0 aliphatic carbocycles. The van der Waals surface area contributed by atoms with E-state index in [1.165, 1.54) is 18.2 Å². The van der Waals surface area contributed by atoms with Crippen molar-refractivity contribution >= 4 is 45.1 Å². The average Bonchev–Trinajstić information content (AvgIpc) is 2.25. The maximum atomic E-state index is 12.4. The van der Waals surface area contributed by atoms with Gasteiger partial charge in [0, 0.05) is 16.3 Å². The molecule has 100 valence electrons.